The molecule has 0 bridgehead atoms. The Hall–Kier alpha value is -4.63. The molecular formula is C31H32N2O7. The second-order valence-corrected chi connectivity index (χ2v) is 9.50. The van der Waals surface area contributed by atoms with E-state index in [4.69, 9.17) is 14.6 Å². The van der Waals surface area contributed by atoms with E-state index in [1.54, 1.807) is 24.3 Å². The topological polar surface area (TPSA) is 125 Å². The highest BCUT2D eigenvalue weighted by molar-refractivity contribution is 5.95. The first-order valence-corrected chi connectivity index (χ1v) is 13.0. The van der Waals surface area contributed by atoms with Gasteiger partial charge in [-0.25, -0.2) is 4.79 Å². The van der Waals surface area contributed by atoms with Gasteiger partial charge in [0.2, 0.25) is 0 Å². The molecule has 0 aromatic heterocycles. The zero-order chi connectivity index (χ0) is 28.5. The quantitative estimate of drug-likeness (QED) is 0.269. The zero-order valence-electron chi connectivity index (χ0n) is 22.0. The van der Waals surface area contributed by atoms with Crippen molar-refractivity contribution in [2.24, 2.45) is 0 Å². The molecule has 4 rings (SSSR count). The van der Waals surface area contributed by atoms with Gasteiger partial charge in [-0.3, -0.25) is 14.5 Å². The minimum absolute atomic E-state index is 0.00265. The lowest BCUT2D eigenvalue weighted by Crippen LogP contribution is -2.31. The molecule has 3 aromatic carbocycles. The maximum absolute atomic E-state index is 13.1. The van der Waals surface area contributed by atoms with E-state index < -0.39 is 18.0 Å². The summed E-state index contributed by atoms with van der Waals surface area (Å²) in [5, 5.41) is 22.0. The summed E-state index contributed by atoms with van der Waals surface area (Å²) in [5.74, 6) is -1.87. The van der Waals surface area contributed by atoms with E-state index in [1.165, 1.54) is 0 Å². The molecule has 1 aliphatic rings. The maximum atomic E-state index is 13.1. The summed E-state index contributed by atoms with van der Waals surface area (Å²) in [6, 6.07) is 20.3. The number of carbonyl (C=O) groups is 3. The van der Waals surface area contributed by atoms with Gasteiger partial charge in [0.25, 0.3) is 5.91 Å². The molecule has 0 unspecified atom stereocenters. The summed E-state index contributed by atoms with van der Waals surface area (Å²) in [6.07, 6.45) is 1.43. The van der Waals surface area contributed by atoms with Crippen molar-refractivity contribution < 1.29 is 34.1 Å². The molecule has 0 fully saturated rings. The van der Waals surface area contributed by atoms with Crippen LogP contribution in [0, 0.1) is 0 Å². The Morgan fingerprint density at radius 2 is 1.70 bits per heavy atom. The summed E-state index contributed by atoms with van der Waals surface area (Å²) >= 11 is 0. The van der Waals surface area contributed by atoms with E-state index in [0.29, 0.717) is 30.8 Å². The largest absolute Gasteiger partial charge is 0.485 e. The van der Waals surface area contributed by atoms with Crippen LogP contribution in [0.5, 0.6) is 11.5 Å². The van der Waals surface area contributed by atoms with Crippen LogP contribution in [-0.2, 0) is 24.4 Å². The summed E-state index contributed by atoms with van der Waals surface area (Å²) in [5.41, 5.74) is 2.85. The molecule has 0 spiro atoms. The van der Waals surface area contributed by atoms with Gasteiger partial charge < -0.3 is 25.0 Å². The minimum atomic E-state index is -1.15. The molecule has 208 valence electrons. The van der Waals surface area contributed by atoms with E-state index in [1.807, 2.05) is 53.4 Å². The predicted molar refractivity (Wildman–Crippen MR) is 149 cm³/mol. The van der Waals surface area contributed by atoms with Crippen LogP contribution >= 0.6 is 0 Å². The van der Waals surface area contributed by atoms with Gasteiger partial charge in [-0.1, -0.05) is 60.7 Å². The summed E-state index contributed by atoms with van der Waals surface area (Å²) < 4.78 is 11.6. The lowest BCUT2D eigenvalue weighted by Gasteiger charge is -2.29. The van der Waals surface area contributed by atoms with Crippen molar-refractivity contribution in [2.45, 2.75) is 38.6 Å². The van der Waals surface area contributed by atoms with Crippen molar-refractivity contribution in [3.8, 4) is 11.5 Å². The minimum Gasteiger partial charge on any atom is -0.485 e. The Balaban J connectivity index is 1.52. The molecule has 0 saturated heterocycles. The summed E-state index contributed by atoms with van der Waals surface area (Å²) in [7, 11) is 0. The number of rotatable bonds is 13. The van der Waals surface area contributed by atoms with Crippen LogP contribution in [0.25, 0.3) is 0 Å². The third kappa shape index (κ3) is 7.27. The van der Waals surface area contributed by atoms with Crippen LogP contribution in [0.4, 0.5) is 0 Å². The standard InChI is InChI=1S/C31H32N2O7/c1-2-16-33(18-22-10-6-7-11-25(22)30(36)32-17-21-8-4-3-5-9-21)19-23-12-14-26-29(28(23)31(37)38)39-20-24(40-26)13-15-27(34)35/h2-12,14,24H,1,13,15-20H2,(H,32,36)(H,34,35)(H,37,38)/t24-/m0/s1. The van der Waals surface area contributed by atoms with Crippen LogP contribution in [-0.4, -0.2) is 52.2 Å². The molecule has 3 N–H and O–H groups in total. The number of carboxylic acids is 2. The highest BCUT2D eigenvalue weighted by atomic mass is 16.6. The van der Waals surface area contributed by atoms with Crippen molar-refractivity contribution in [3.63, 3.8) is 0 Å². The first kappa shape index (κ1) is 28.4. The number of nitrogens with one attached hydrogen (secondary N) is 1. The number of ether oxygens (including phenoxy) is 2. The van der Waals surface area contributed by atoms with Crippen molar-refractivity contribution in [2.75, 3.05) is 13.2 Å². The number of carbonyl (C=O) groups excluding carboxylic acids is 1. The normalized spacial score (nSPS) is 14.0. The Morgan fingerprint density at radius 3 is 2.42 bits per heavy atom. The molecule has 3 aromatic rings. The van der Waals surface area contributed by atoms with E-state index in [0.717, 1.165) is 11.1 Å². The van der Waals surface area contributed by atoms with E-state index in [2.05, 4.69) is 11.9 Å². The van der Waals surface area contributed by atoms with Crippen LogP contribution in [0.2, 0.25) is 0 Å². The Bertz CT molecular complexity index is 1370. The van der Waals surface area contributed by atoms with E-state index in [-0.39, 0.29) is 49.0 Å². The van der Waals surface area contributed by atoms with Gasteiger partial charge in [0.1, 0.15) is 18.3 Å². The Kier molecular flexibility index (Phi) is 9.53. The average Bonchev–Trinajstić information content (AvgIpc) is 2.95. The van der Waals surface area contributed by atoms with Gasteiger partial charge in [-0.2, -0.15) is 0 Å². The van der Waals surface area contributed by atoms with Gasteiger partial charge in [0.05, 0.1) is 0 Å². The molecule has 1 atom stereocenters. The highest BCUT2D eigenvalue weighted by Crippen LogP contribution is 2.38. The maximum Gasteiger partial charge on any atom is 0.339 e. The first-order chi connectivity index (χ1) is 19.4. The SMILES string of the molecule is C=CCN(Cc1ccccc1C(=O)NCc1ccccc1)Cc1ccc2c(c1C(=O)O)OC[C@H](CCC(=O)O)O2. The Labute approximate surface area is 232 Å². The van der Waals surface area contributed by atoms with Gasteiger partial charge in [-0.05, 0) is 35.2 Å². The first-order valence-electron chi connectivity index (χ1n) is 13.0. The molecule has 0 saturated carbocycles. The number of hydrogen-bond donors (Lipinski definition) is 3. The van der Waals surface area contributed by atoms with Gasteiger partial charge >= 0.3 is 11.9 Å². The number of nitrogens with zero attached hydrogens (tertiary/aromatic N) is 1. The Morgan fingerprint density at radius 1 is 0.975 bits per heavy atom. The van der Waals surface area contributed by atoms with Crippen molar-refractivity contribution in [1.82, 2.24) is 10.2 Å². The van der Waals surface area contributed by atoms with Crippen LogP contribution in [0.15, 0.2) is 79.4 Å². The molecule has 9 heteroatoms. The number of aliphatic carboxylic acids is 1. The fourth-order valence-electron chi connectivity index (χ4n) is 4.63. The fourth-order valence-corrected chi connectivity index (χ4v) is 4.63. The number of aromatic carboxylic acids is 1. The average molecular weight is 545 g/mol. The summed E-state index contributed by atoms with van der Waals surface area (Å²) in [6.45, 7) is 5.40. The van der Waals surface area contributed by atoms with Gasteiger partial charge in [-0.15, -0.1) is 6.58 Å². The second-order valence-electron chi connectivity index (χ2n) is 9.50. The molecule has 40 heavy (non-hydrogen) atoms. The lowest BCUT2D eigenvalue weighted by molar-refractivity contribution is -0.137. The second kappa shape index (κ2) is 13.4. The number of fused-ring (bicyclic) bond motifs is 1. The molecule has 1 amide bonds. The van der Waals surface area contributed by atoms with E-state index >= 15 is 0 Å². The third-order valence-electron chi connectivity index (χ3n) is 6.54. The molecule has 0 aliphatic carbocycles. The molecule has 0 radical (unpaired) electrons. The monoisotopic (exact) mass is 544 g/mol. The van der Waals surface area contributed by atoms with Gasteiger partial charge in [0.15, 0.2) is 11.5 Å². The fraction of sp³-hybridized carbons (Fsp3) is 0.258. The summed E-state index contributed by atoms with van der Waals surface area (Å²) in [4.78, 5) is 38.3. The smallest absolute Gasteiger partial charge is 0.339 e. The molecule has 9 nitrogen and oxygen atoms in total. The van der Waals surface area contributed by atoms with Crippen molar-refractivity contribution >= 4 is 17.8 Å². The van der Waals surface area contributed by atoms with Crippen LogP contribution in [0.3, 0.4) is 0 Å². The molecule has 1 aliphatic heterocycles. The lowest BCUT2D eigenvalue weighted by atomic mass is 10.0. The third-order valence-corrected chi connectivity index (χ3v) is 6.54. The van der Waals surface area contributed by atoms with Crippen LogP contribution < -0.4 is 14.8 Å². The van der Waals surface area contributed by atoms with Gasteiger partial charge in [0, 0.05) is 38.2 Å². The highest BCUT2D eigenvalue weighted by Gasteiger charge is 2.29. The van der Waals surface area contributed by atoms with Crippen molar-refractivity contribution in [3.05, 3.63) is 107 Å². The number of carboxylic acid groups (broad SMARTS) is 2. The zero-order valence-corrected chi connectivity index (χ0v) is 22.0. The predicted octanol–water partition coefficient (Wildman–Crippen LogP) is 4.51. The molecule has 1 heterocycles. The number of benzene rings is 3. The van der Waals surface area contributed by atoms with E-state index in [9.17, 15) is 19.5 Å². The molecular weight excluding hydrogens is 512 g/mol. The number of hydrogen-bond acceptors (Lipinski definition) is 6. The van der Waals surface area contributed by atoms with Crippen molar-refractivity contribution in [1.29, 1.82) is 0 Å². The number of amides is 1. The van der Waals surface area contributed by atoms with Crippen LogP contribution in [0.1, 0.15) is 50.2 Å².